The van der Waals surface area contributed by atoms with Gasteiger partial charge in [0.05, 0.1) is 31.2 Å². The fourth-order valence-corrected chi connectivity index (χ4v) is 8.84. The smallest absolute Gasteiger partial charge is 0.337 e. The third kappa shape index (κ3) is 4.47. The van der Waals surface area contributed by atoms with E-state index in [0.717, 1.165) is 71.2 Å². The van der Waals surface area contributed by atoms with Gasteiger partial charge in [0.15, 0.2) is 0 Å². The molecule has 0 unspecified atom stereocenters. The second-order valence-corrected chi connectivity index (χ2v) is 14.7. The Morgan fingerprint density at radius 2 is 1.61 bits per heavy atom. The highest BCUT2D eigenvalue weighted by Gasteiger charge is 2.40. The van der Waals surface area contributed by atoms with Gasteiger partial charge in [0.2, 0.25) is 5.36 Å². The van der Waals surface area contributed by atoms with Crippen molar-refractivity contribution in [1.82, 2.24) is 4.58 Å². The number of halogens is 4. The van der Waals surface area contributed by atoms with Crippen LogP contribution in [0.3, 0.4) is 0 Å². The van der Waals surface area contributed by atoms with Crippen molar-refractivity contribution >= 4 is 69.2 Å². The van der Waals surface area contributed by atoms with Crippen LogP contribution in [0.2, 0.25) is 20.1 Å². The molecule has 0 radical (unpaired) electrons. The quantitative estimate of drug-likeness (QED) is 0.172. The summed E-state index contributed by atoms with van der Waals surface area (Å²) < 4.78 is 2.43. The summed E-state index contributed by atoms with van der Waals surface area (Å²) in [5, 5.41) is 12.7. The van der Waals surface area contributed by atoms with Crippen molar-refractivity contribution in [2.75, 3.05) is 24.5 Å². The summed E-state index contributed by atoms with van der Waals surface area (Å²) in [4.78, 5) is 15.4. The molecule has 3 aliphatic rings. The average molecular weight is 672 g/mol. The minimum absolute atomic E-state index is 0.0434. The van der Waals surface area contributed by atoms with Gasteiger partial charge in [-0.05, 0) is 92.3 Å². The van der Waals surface area contributed by atoms with Crippen LogP contribution < -0.4 is 20.1 Å². The Hall–Kier alpha value is -2.50. The highest BCUT2D eigenvalue weighted by Crippen LogP contribution is 2.51. The van der Waals surface area contributed by atoms with E-state index in [-0.39, 0.29) is 31.2 Å². The van der Waals surface area contributed by atoms with Gasteiger partial charge in [-0.15, -0.1) is 0 Å². The maximum atomic E-state index is 12.9. The molecule has 1 aliphatic carbocycles. The fraction of sp³-hybridized carbons (Fsp3) is 0.389. The number of likely N-dealkylation sites (N-methyl/N-ethyl adjacent to an activating group) is 1. The van der Waals surface area contributed by atoms with Gasteiger partial charge >= 0.3 is 5.97 Å². The Morgan fingerprint density at radius 1 is 0.932 bits per heavy atom. The van der Waals surface area contributed by atoms with Crippen LogP contribution in [0.4, 0.5) is 5.69 Å². The molecule has 3 aromatic carbocycles. The molecule has 0 bridgehead atoms. The van der Waals surface area contributed by atoms with Crippen LogP contribution in [0, 0.1) is 0 Å². The minimum Gasteiger partial charge on any atom is -0.478 e. The first-order chi connectivity index (χ1) is 20.6. The number of carbonyl (C=O) groups is 1. The van der Waals surface area contributed by atoms with Crippen molar-refractivity contribution < 1.29 is 9.90 Å². The van der Waals surface area contributed by atoms with Crippen molar-refractivity contribution in [1.29, 1.82) is 0 Å². The van der Waals surface area contributed by atoms with Crippen LogP contribution >= 0.6 is 46.4 Å². The maximum Gasteiger partial charge on any atom is 0.337 e. The third-order valence-corrected chi connectivity index (χ3v) is 11.7. The van der Waals surface area contributed by atoms with Crippen molar-refractivity contribution in [3.8, 4) is 0 Å². The number of carboxylic acids is 1. The zero-order valence-electron chi connectivity index (χ0n) is 26.2. The van der Waals surface area contributed by atoms with Gasteiger partial charge in [-0.1, -0.05) is 66.3 Å². The lowest BCUT2D eigenvalue weighted by atomic mass is 9.67. The van der Waals surface area contributed by atoms with E-state index in [1.165, 1.54) is 16.5 Å². The summed E-state index contributed by atoms with van der Waals surface area (Å²) >= 11 is 26.8. The van der Waals surface area contributed by atoms with Crippen molar-refractivity contribution in [2.24, 2.45) is 0 Å². The number of allylic oxidation sites excluding steroid dienone is 1. The second kappa shape index (κ2) is 10.8. The second-order valence-electron chi connectivity index (χ2n) is 13.2. The molecule has 4 nitrogen and oxygen atoms in total. The molecular formula is C36H37Cl4N2O2+. The van der Waals surface area contributed by atoms with Crippen LogP contribution in [-0.2, 0) is 11.8 Å². The molecule has 0 fully saturated rings. The average Bonchev–Trinajstić information content (AvgIpc) is 2.96. The standard InChI is InChI=1S/C36H36Cl4N2O2/c1-8-41-12-10-11-19-13-21-23(15-25(19)41)36(6,7)24-16-26-20(18(3)17-35(4,5)42(26)9-2)14-22(24)27(21)28-29(34(43)44)31(38)33(40)32(39)30(28)37/h13-17H,8-12H2,1-7H3/p+1. The Balaban J connectivity index is 1.88. The van der Waals surface area contributed by atoms with Crippen LogP contribution in [0.1, 0.15) is 98.6 Å². The molecule has 8 heteroatoms. The summed E-state index contributed by atoms with van der Waals surface area (Å²) in [6.45, 7) is 18.3. The van der Waals surface area contributed by atoms with E-state index >= 15 is 0 Å². The maximum absolute atomic E-state index is 12.9. The molecule has 2 heterocycles. The van der Waals surface area contributed by atoms with Gasteiger partial charge < -0.3 is 10.0 Å². The zero-order chi connectivity index (χ0) is 32.0. The molecule has 1 N–H and O–H groups in total. The molecule has 0 atom stereocenters. The fourth-order valence-electron chi connectivity index (χ4n) is 7.81. The van der Waals surface area contributed by atoms with Gasteiger partial charge in [0.1, 0.15) is 13.1 Å². The number of aryl methyl sites for hydroxylation is 1. The molecular weight excluding hydrogens is 634 g/mol. The third-order valence-electron chi connectivity index (χ3n) is 9.86. The number of hydrogen-bond acceptors (Lipinski definition) is 2. The Labute approximate surface area is 279 Å². The molecule has 6 rings (SSSR count). The SMILES string of the molecule is CCN1c2cc3c(cc2C(C)=CC1(C)C)C(c1c(Cl)c(Cl)c(Cl)c(Cl)c1C(=O)O)=c1cc2c(cc1C3(C)C)=[N+](CC)CCC2. The number of rotatable bonds is 4. The van der Waals surface area contributed by atoms with Crippen molar-refractivity contribution in [3.63, 3.8) is 0 Å². The van der Waals surface area contributed by atoms with E-state index < -0.39 is 11.4 Å². The largest absolute Gasteiger partial charge is 0.478 e. The lowest BCUT2D eigenvalue weighted by molar-refractivity contribution is 0.0696. The van der Waals surface area contributed by atoms with Crippen molar-refractivity contribution in [2.45, 2.75) is 72.3 Å². The Kier molecular flexibility index (Phi) is 7.73. The molecule has 230 valence electrons. The van der Waals surface area contributed by atoms with Gasteiger partial charge in [-0.3, -0.25) is 0 Å². The van der Waals surface area contributed by atoms with E-state index in [0.29, 0.717) is 5.56 Å². The number of anilines is 1. The molecule has 0 saturated carbocycles. The molecule has 0 amide bonds. The highest BCUT2D eigenvalue weighted by molar-refractivity contribution is 6.53. The number of hydrogen-bond donors (Lipinski definition) is 1. The lowest BCUT2D eigenvalue weighted by Gasteiger charge is -2.45. The van der Waals surface area contributed by atoms with Crippen LogP contribution in [-0.4, -0.2) is 36.2 Å². The monoisotopic (exact) mass is 669 g/mol. The van der Waals surface area contributed by atoms with Gasteiger partial charge in [-0.2, -0.15) is 0 Å². The number of benzene rings is 3. The summed E-state index contributed by atoms with van der Waals surface area (Å²) in [6.07, 6.45) is 4.29. The lowest BCUT2D eigenvalue weighted by Crippen LogP contribution is -2.46. The number of nitrogens with zero attached hydrogens (tertiary/aromatic N) is 2. The summed E-state index contributed by atoms with van der Waals surface area (Å²) in [5.41, 5.74) is 8.09. The normalized spacial score (nSPS) is 17.9. The highest BCUT2D eigenvalue weighted by atomic mass is 35.5. The van der Waals surface area contributed by atoms with Crippen LogP contribution in [0.25, 0.3) is 11.1 Å². The van der Waals surface area contributed by atoms with E-state index in [1.54, 1.807) is 0 Å². The van der Waals surface area contributed by atoms with Crippen LogP contribution in [0.15, 0.2) is 30.3 Å². The minimum atomic E-state index is -1.21. The summed E-state index contributed by atoms with van der Waals surface area (Å²) in [7, 11) is 0. The summed E-state index contributed by atoms with van der Waals surface area (Å²) in [5.74, 6) is -1.21. The predicted molar refractivity (Wildman–Crippen MR) is 185 cm³/mol. The van der Waals surface area contributed by atoms with Crippen LogP contribution in [0.5, 0.6) is 0 Å². The molecule has 3 aromatic rings. The summed E-state index contributed by atoms with van der Waals surface area (Å²) in [6, 6.07) is 9.08. The molecule has 44 heavy (non-hydrogen) atoms. The van der Waals surface area contributed by atoms with Gasteiger partial charge in [0, 0.05) is 46.8 Å². The van der Waals surface area contributed by atoms with E-state index in [9.17, 15) is 9.90 Å². The molecule has 0 spiro atoms. The zero-order valence-corrected chi connectivity index (χ0v) is 29.2. The first-order valence-corrected chi connectivity index (χ1v) is 16.7. The van der Waals surface area contributed by atoms with E-state index in [1.807, 2.05) is 0 Å². The molecule has 0 saturated heterocycles. The Morgan fingerprint density at radius 3 is 2.25 bits per heavy atom. The topological polar surface area (TPSA) is 43.6 Å². The first-order valence-electron chi connectivity index (χ1n) is 15.2. The molecule has 2 aliphatic heterocycles. The van der Waals surface area contributed by atoms with Gasteiger partial charge in [0.25, 0.3) is 0 Å². The predicted octanol–water partition coefficient (Wildman–Crippen LogP) is 8.36. The number of carboxylic acid groups (broad SMARTS) is 1. The molecule has 0 aromatic heterocycles. The number of aromatic carboxylic acids is 1. The van der Waals surface area contributed by atoms with Crippen molar-refractivity contribution in [3.05, 3.63) is 100.0 Å². The van der Waals surface area contributed by atoms with Gasteiger partial charge in [-0.25, -0.2) is 9.37 Å². The van der Waals surface area contributed by atoms with E-state index in [2.05, 4.69) is 88.3 Å². The Bertz CT molecular complexity index is 1960. The number of fused-ring (bicyclic) bond motifs is 4. The van der Waals surface area contributed by atoms with E-state index in [4.69, 9.17) is 46.4 Å². The first kappa shape index (κ1) is 31.5.